The summed E-state index contributed by atoms with van der Waals surface area (Å²) in [4.78, 5) is 29.5. The molecule has 0 aliphatic carbocycles. The van der Waals surface area contributed by atoms with Gasteiger partial charge in [0.25, 0.3) is 5.91 Å². The highest BCUT2D eigenvalue weighted by Crippen LogP contribution is 2.18. The lowest BCUT2D eigenvalue weighted by Crippen LogP contribution is -2.38. The third kappa shape index (κ3) is 2.89. The van der Waals surface area contributed by atoms with Crippen LogP contribution >= 0.6 is 0 Å². The first-order chi connectivity index (χ1) is 12.5. The Morgan fingerprint density at radius 2 is 2.12 bits per heavy atom. The second kappa shape index (κ2) is 6.21. The Morgan fingerprint density at radius 3 is 2.92 bits per heavy atom. The van der Waals surface area contributed by atoms with E-state index in [2.05, 4.69) is 20.4 Å². The summed E-state index contributed by atoms with van der Waals surface area (Å²) in [5.41, 5.74) is 3.31. The summed E-state index contributed by atoms with van der Waals surface area (Å²) in [7, 11) is 1.75. The van der Waals surface area contributed by atoms with Crippen LogP contribution in [0.4, 0.5) is 0 Å². The molecule has 0 fully saturated rings. The second-order valence-corrected chi connectivity index (χ2v) is 6.25. The average Bonchev–Trinajstić information content (AvgIpc) is 3.21. The van der Waals surface area contributed by atoms with Gasteiger partial charge in [0.05, 0.1) is 36.5 Å². The number of nitrogens with zero attached hydrogens (tertiary/aromatic N) is 7. The summed E-state index contributed by atoms with van der Waals surface area (Å²) in [5, 5.41) is 21.1. The number of hydrogen-bond donors (Lipinski definition) is 1. The third-order valence-electron chi connectivity index (χ3n) is 4.42. The summed E-state index contributed by atoms with van der Waals surface area (Å²) in [6, 6.07) is 3.56. The van der Waals surface area contributed by atoms with Crippen molar-refractivity contribution in [1.29, 1.82) is 0 Å². The largest absolute Gasteiger partial charge is 0.481 e. The molecule has 0 radical (unpaired) electrons. The molecule has 26 heavy (non-hydrogen) atoms. The number of carboxylic acids is 1. The van der Waals surface area contributed by atoms with E-state index in [0.29, 0.717) is 42.8 Å². The molecule has 0 saturated heterocycles. The first-order valence-electron chi connectivity index (χ1n) is 8.23. The lowest BCUT2D eigenvalue weighted by atomic mass is 10.2. The Morgan fingerprint density at radius 1 is 1.27 bits per heavy atom. The molecule has 0 aromatic carbocycles. The molecule has 134 valence electrons. The van der Waals surface area contributed by atoms with Gasteiger partial charge in [-0.25, -0.2) is 9.67 Å². The molecule has 1 aliphatic rings. The highest BCUT2D eigenvalue weighted by molar-refractivity contribution is 5.96. The normalized spacial score (nSPS) is 13.8. The number of carbonyl (C=O) groups is 2. The maximum absolute atomic E-state index is 12.8. The van der Waals surface area contributed by atoms with Crippen LogP contribution in [0.15, 0.2) is 18.3 Å². The van der Waals surface area contributed by atoms with Crippen LogP contribution in [0.1, 0.15) is 28.2 Å². The van der Waals surface area contributed by atoms with E-state index in [0.717, 1.165) is 11.4 Å². The Hall–Kier alpha value is -3.30. The number of amides is 1. The number of fused-ring (bicyclic) bond motifs is 2. The third-order valence-corrected chi connectivity index (χ3v) is 4.42. The topological polar surface area (TPSA) is 119 Å². The van der Waals surface area contributed by atoms with Gasteiger partial charge in [0.1, 0.15) is 5.52 Å². The first-order valence-corrected chi connectivity index (χ1v) is 8.23. The molecule has 10 heteroatoms. The van der Waals surface area contributed by atoms with Crippen LogP contribution < -0.4 is 0 Å². The number of aromatic nitrogens is 6. The van der Waals surface area contributed by atoms with Crippen molar-refractivity contribution in [2.24, 2.45) is 7.05 Å². The molecule has 10 nitrogen and oxygen atoms in total. The van der Waals surface area contributed by atoms with Crippen molar-refractivity contribution in [3.63, 3.8) is 0 Å². The summed E-state index contributed by atoms with van der Waals surface area (Å²) >= 11 is 0. The van der Waals surface area contributed by atoms with Crippen molar-refractivity contribution in [1.82, 2.24) is 34.7 Å². The van der Waals surface area contributed by atoms with Crippen molar-refractivity contribution < 1.29 is 14.7 Å². The Bertz CT molecular complexity index is 1010. The standard InChI is InChI=1S/C16H17N7O3/c1-21-15-13(18-20-21)6-10(8-17-15)16(26)22-4-5-23-12(9-22)7-11(19-23)2-3-14(24)25/h6-8H,2-5,9H2,1H3,(H,24,25). The van der Waals surface area contributed by atoms with Gasteiger partial charge in [-0.2, -0.15) is 5.10 Å². The fourth-order valence-corrected chi connectivity index (χ4v) is 3.08. The SMILES string of the molecule is Cn1nnc2cc(C(=O)N3CCn4nc(CCC(=O)O)cc4C3)cnc21. The molecule has 1 amide bonds. The van der Waals surface area contributed by atoms with Gasteiger partial charge in [0.15, 0.2) is 5.65 Å². The van der Waals surface area contributed by atoms with E-state index in [4.69, 9.17) is 5.11 Å². The zero-order chi connectivity index (χ0) is 18.3. The molecule has 3 aromatic heterocycles. The number of aliphatic carboxylic acids is 1. The second-order valence-electron chi connectivity index (χ2n) is 6.25. The van der Waals surface area contributed by atoms with Crippen molar-refractivity contribution >= 4 is 23.0 Å². The molecule has 4 heterocycles. The van der Waals surface area contributed by atoms with Crippen molar-refractivity contribution in [2.75, 3.05) is 6.54 Å². The van der Waals surface area contributed by atoms with Crippen LogP contribution in [-0.2, 0) is 31.4 Å². The van der Waals surface area contributed by atoms with E-state index in [-0.39, 0.29) is 12.3 Å². The highest BCUT2D eigenvalue weighted by Gasteiger charge is 2.24. The predicted molar refractivity (Wildman–Crippen MR) is 89.2 cm³/mol. The molecular weight excluding hydrogens is 338 g/mol. The van der Waals surface area contributed by atoms with Gasteiger partial charge in [0, 0.05) is 26.2 Å². The molecule has 1 aliphatic heterocycles. The highest BCUT2D eigenvalue weighted by atomic mass is 16.4. The van der Waals surface area contributed by atoms with E-state index in [1.165, 1.54) is 6.20 Å². The van der Waals surface area contributed by atoms with Gasteiger partial charge in [-0.15, -0.1) is 5.10 Å². The molecule has 1 N–H and O–H groups in total. The van der Waals surface area contributed by atoms with Gasteiger partial charge in [0.2, 0.25) is 0 Å². The fourth-order valence-electron chi connectivity index (χ4n) is 3.08. The van der Waals surface area contributed by atoms with Crippen LogP contribution in [0.2, 0.25) is 0 Å². The van der Waals surface area contributed by atoms with Gasteiger partial charge < -0.3 is 10.0 Å². The zero-order valence-electron chi connectivity index (χ0n) is 14.2. The molecule has 0 bridgehead atoms. The monoisotopic (exact) mass is 355 g/mol. The lowest BCUT2D eigenvalue weighted by Gasteiger charge is -2.27. The van der Waals surface area contributed by atoms with Crippen LogP contribution in [-0.4, -0.2) is 58.2 Å². The Labute approximate surface area is 148 Å². The number of pyridine rings is 1. The van der Waals surface area contributed by atoms with Crippen molar-refractivity contribution in [3.05, 3.63) is 35.3 Å². The number of hydrogen-bond acceptors (Lipinski definition) is 6. The molecule has 0 saturated carbocycles. The maximum atomic E-state index is 12.8. The number of aryl methyl sites for hydroxylation is 2. The van der Waals surface area contributed by atoms with E-state index in [9.17, 15) is 9.59 Å². The summed E-state index contributed by atoms with van der Waals surface area (Å²) in [6.07, 6.45) is 1.97. The van der Waals surface area contributed by atoms with Crippen LogP contribution in [0.25, 0.3) is 11.2 Å². The summed E-state index contributed by atoms with van der Waals surface area (Å²) in [5.74, 6) is -0.968. The van der Waals surface area contributed by atoms with Gasteiger partial charge >= 0.3 is 5.97 Å². The predicted octanol–water partition coefficient (Wildman–Crippen LogP) is 0.233. The van der Waals surface area contributed by atoms with Crippen LogP contribution in [0, 0.1) is 0 Å². The number of carbonyl (C=O) groups excluding carboxylic acids is 1. The fraction of sp³-hybridized carbons (Fsp3) is 0.375. The average molecular weight is 355 g/mol. The van der Waals surface area contributed by atoms with E-state index >= 15 is 0 Å². The molecule has 0 spiro atoms. The van der Waals surface area contributed by atoms with Gasteiger partial charge in [-0.3, -0.25) is 14.3 Å². The minimum absolute atomic E-state index is 0.0445. The molecule has 0 unspecified atom stereocenters. The molecule has 0 atom stereocenters. The van der Waals surface area contributed by atoms with Crippen LogP contribution in [0.5, 0.6) is 0 Å². The smallest absolute Gasteiger partial charge is 0.303 e. The minimum Gasteiger partial charge on any atom is -0.481 e. The summed E-state index contributed by atoms with van der Waals surface area (Å²) < 4.78 is 3.40. The number of rotatable bonds is 4. The van der Waals surface area contributed by atoms with E-state index < -0.39 is 5.97 Å². The van der Waals surface area contributed by atoms with Crippen LogP contribution in [0.3, 0.4) is 0 Å². The summed E-state index contributed by atoms with van der Waals surface area (Å²) in [6.45, 7) is 1.54. The molecule has 3 aromatic rings. The molecular formula is C16H17N7O3. The lowest BCUT2D eigenvalue weighted by molar-refractivity contribution is -0.136. The van der Waals surface area contributed by atoms with Gasteiger partial charge in [-0.05, 0) is 12.1 Å². The van der Waals surface area contributed by atoms with Crippen molar-refractivity contribution in [2.45, 2.75) is 25.9 Å². The number of carboxylic acid groups (broad SMARTS) is 1. The van der Waals surface area contributed by atoms with E-state index in [1.807, 2.05) is 10.7 Å². The zero-order valence-corrected chi connectivity index (χ0v) is 14.2. The first kappa shape index (κ1) is 16.2. The Kier molecular flexibility index (Phi) is 3.86. The minimum atomic E-state index is -0.848. The Balaban J connectivity index is 1.51. The maximum Gasteiger partial charge on any atom is 0.303 e. The molecule has 4 rings (SSSR count). The van der Waals surface area contributed by atoms with Gasteiger partial charge in [-0.1, -0.05) is 5.21 Å². The van der Waals surface area contributed by atoms with E-state index in [1.54, 1.807) is 22.7 Å². The quantitative estimate of drug-likeness (QED) is 0.711. The van der Waals surface area contributed by atoms with Crippen molar-refractivity contribution in [3.8, 4) is 0 Å².